The summed E-state index contributed by atoms with van der Waals surface area (Å²) in [5.41, 5.74) is 0. The van der Waals surface area contributed by atoms with Crippen molar-refractivity contribution in [2.75, 3.05) is 0 Å². The molecule has 0 rings (SSSR count). The van der Waals surface area contributed by atoms with Gasteiger partial charge in [-0.2, -0.15) is 0 Å². The minimum atomic E-state index is 0. The van der Waals surface area contributed by atoms with Gasteiger partial charge in [0.15, 0.2) is 0 Å². The first-order valence-corrected chi connectivity index (χ1v) is 9.00. The molecule has 0 aromatic heterocycles. The molecule has 0 aliphatic carbocycles. The van der Waals surface area contributed by atoms with Crippen LogP contribution in [-0.4, -0.2) is 29.0 Å². The summed E-state index contributed by atoms with van der Waals surface area (Å²) in [6.07, 6.45) is 0. The monoisotopic (exact) mass is 382 g/mol. The molecule has 0 atom stereocenters. The van der Waals surface area contributed by atoms with Crippen molar-refractivity contribution in [1.82, 2.24) is 0 Å². The number of hydrogen-bond acceptors (Lipinski definition) is 0. The minimum absolute atomic E-state index is 0. The molecule has 0 aromatic rings. The molecule has 0 saturated carbocycles. The standard InChI is InChI=1S/2C8H19P.B.BrH/c2*1-7(2,3)9-8(4,5)6;;/h2*9H,1-6H3;;1H/q;;+1;/p-1. The Morgan fingerprint density at radius 1 is 0.400 bits per heavy atom. The molecule has 0 N–H and O–H groups in total. The van der Waals surface area contributed by atoms with Crippen LogP contribution in [0, 0.1) is 0 Å². The Labute approximate surface area is 146 Å². The normalized spacial score (nSPS) is 12.6. The van der Waals surface area contributed by atoms with Gasteiger partial charge in [0, 0.05) is 0 Å². The van der Waals surface area contributed by atoms with Crippen molar-refractivity contribution in [1.29, 1.82) is 0 Å². The Morgan fingerprint density at radius 2 is 0.500 bits per heavy atom. The van der Waals surface area contributed by atoms with E-state index in [1.54, 1.807) is 0 Å². The number of rotatable bonds is 0. The maximum Gasteiger partial charge on any atom is 1.00 e. The van der Waals surface area contributed by atoms with Crippen LogP contribution in [0.4, 0.5) is 0 Å². The fourth-order valence-electron chi connectivity index (χ4n) is 2.25. The molecule has 20 heavy (non-hydrogen) atoms. The molecule has 122 valence electrons. The summed E-state index contributed by atoms with van der Waals surface area (Å²) in [5.74, 6) is 0. The summed E-state index contributed by atoms with van der Waals surface area (Å²) in [4.78, 5) is 0. The van der Waals surface area contributed by atoms with E-state index >= 15 is 0 Å². The molecule has 2 radical (unpaired) electrons. The molecular weight excluding hydrogens is 345 g/mol. The van der Waals surface area contributed by atoms with Gasteiger partial charge < -0.3 is 17.0 Å². The minimum Gasteiger partial charge on any atom is -1.00 e. The largest absolute Gasteiger partial charge is 1.00 e. The SMILES string of the molecule is CC(C)(C)PC(C)(C)C.CC(C)(C)PC(C)(C)C.[B+].[Br-]. The predicted molar refractivity (Wildman–Crippen MR) is 101 cm³/mol. The Bertz CT molecular complexity index is 177. The smallest absolute Gasteiger partial charge is 1.00 e. The quantitative estimate of drug-likeness (QED) is 0.446. The van der Waals surface area contributed by atoms with Crippen molar-refractivity contribution >= 4 is 25.6 Å². The zero-order valence-electron chi connectivity index (χ0n) is 16.0. The maximum atomic E-state index is 2.30. The van der Waals surface area contributed by atoms with Gasteiger partial charge in [-0.15, -0.1) is 17.2 Å². The summed E-state index contributed by atoms with van der Waals surface area (Å²) >= 11 is 0. The molecule has 0 heterocycles. The van der Waals surface area contributed by atoms with Crippen LogP contribution < -0.4 is 17.0 Å². The molecule has 4 heteroatoms. The fraction of sp³-hybridized carbons (Fsp3) is 1.00. The third-order valence-corrected chi connectivity index (χ3v) is 4.50. The van der Waals surface area contributed by atoms with Gasteiger partial charge in [0.2, 0.25) is 0 Å². The maximum absolute atomic E-state index is 2.30. The van der Waals surface area contributed by atoms with Crippen molar-refractivity contribution in [2.45, 2.75) is 104 Å². The van der Waals surface area contributed by atoms with E-state index < -0.39 is 0 Å². The molecular formula is C16H38BBrP2. The second-order valence-corrected chi connectivity index (χ2v) is 15.8. The van der Waals surface area contributed by atoms with Crippen molar-refractivity contribution < 1.29 is 17.0 Å². The second kappa shape index (κ2) is 10.2. The first-order valence-electron chi connectivity index (χ1n) is 7.00. The average Bonchev–Trinajstić information content (AvgIpc) is 1.64. The molecule has 0 aliphatic heterocycles. The first-order chi connectivity index (χ1) is 7.41. The van der Waals surface area contributed by atoms with Crippen molar-refractivity contribution in [3.8, 4) is 0 Å². The third-order valence-electron chi connectivity index (χ3n) is 1.50. The Balaban J connectivity index is -0.000000116. The number of halogens is 1. The van der Waals surface area contributed by atoms with E-state index in [1.165, 1.54) is 0 Å². The van der Waals surface area contributed by atoms with Gasteiger partial charge in [-0.05, 0) is 20.6 Å². The summed E-state index contributed by atoms with van der Waals surface area (Å²) in [5, 5.41) is 2.05. The molecule has 0 amide bonds. The Kier molecular flexibility index (Phi) is 15.0. The Morgan fingerprint density at radius 3 is 0.500 bits per heavy atom. The van der Waals surface area contributed by atoms with E-state index in [1.807, 2.05) is 0 Å². The number of hydrogen-bond donors (Lipinski definition) is 0. The van der Waals surface area contributed by atoms with Crippen LogP contribution in [0.15, 0.2) is 0 Å². The van der Waals surface area contributed by atoms with Crippen LogP contribution in [0.25, 0.3) is 0 Å². The third kappa shape index (κ3) is 36.6. The van der Waals surface area contributed by atoms with Crippen LogP contribution in [0.3, 0.4) is 0 Å². The van der Waals surface area contributed by atoms with Gasteiger partial charge >= 0.3 is 8.41 Å². The zero-order valence-corrected chi connectivity index (χ0v) is 19.5. The van der Waals surface area contributed by atoms with Crippen LogP contribution in [0.5, 0.6) is 0 Å². The van der Waals surface area contributed by atoms with E-state index in [2.05, 4.69) is 83.1 Å². The summed E-state index contributed by atoms with van der Waals surface area (Å²) < 4.78 is 0. The topological polar surface area (TPSA) is 0 Å². The second-order valence-electron chi connectivity index (χ2n) is 9.25. The molecule has 0 nitrogen and oxygen atoms in total. The van der Waals surface area contributed by atoms with Gasteiger partial charge in [-0.3, -0.25) is 0 Å². The van der Waals surface area contributed by atoms with Crippen molar-refractivity contribution in [3.05, 3.63) is 0 Å². The molecule has 0 unspecified atom stereocenters. The summed E-state index contributed by atoms with van der Waals surface area (Å²) in [6.45, 7) is 27.6. The van der Waals surface area contributed by atoms with Crippen LogP contribution in [-0.2, 0) is 0 Å². The van der Waals surface area contributed by atoms with E-state index in [-0.39, 0.29) is 25.4 Å². The molecule has 0 bridgehead atoms. The predicted octanol–water partition coefficient (Wildman–Crippen LogP) is 3.15. The van der Waals surface area contributed by atoms with Crippen LogP contribution in [0.2, 0.25) is 0 Å². The molecule has 0 saturated heterocycles. The van der Waals surface area contributed by atoms with Gasteiger partial charge in [0.05, 0.1) is 0 Å². The van der Waals surface area contributed by atoms with Gasteiger partial charge in [0.1, 0.15) is 0 Å². The van der Waals surface area contributed by atoms with Gasteiger partial charge in [0.25, 0.3) is 0 Å². The molecule has 0 spiro atoms. The zero-order chi connectivity index (χ0) is 15.4. The fourth-order valence-corrected chi connectivity index (χ4v) is 6.75. The molecule has 0 fully saturated rings. The van der Waals surface area contributed by atoms with Gasteiger partial charge in [-0.1, -0.05) is 83.1 Å². The molecule has 0 aromatic carbocycles. The Hall–Kier alpha value is 1.40. The van der Waals surface area contributed by atoms with Crippen molar-refractivity contribution in [3.63, 3.8) is 0 Å². The summed E-state index contributed by atoms with van der Waals surface area (Å²) in [7, 11) is 2.10. The van der Waals surface area contributed by atoms with E-state index in [0.717, 1.165) is 17.2 Å². The van der Waals surface area contributed by atoms with Crippen LogP contribution >= 0.6 is 17.2 Å². The average molecular weight is 383 g/mol. The molecule has 0 aliphatic rings. The summed E-state index contributed by atoms with van der Waals surface area (Å²) in [6, 6.07) is 0. The van der Waals surface area contributed by atoms with Crippen LogP contribution in [0.1, 0.15) is 83.1 Å². The van der Waals surface area contributed by atoms with E-state index in [9.17, 15) is 0 Å². The van der Waals surface area contributed by atoms with E-state index in [4.69, 9.17) is 0 Å². The van der Waals surface area contributed by atoms with Crippen molar-refractivity contribution in [2.24, 2.45) is 0 Å². The first kappa shape index (κ1) is 29.4. The van der Waals surface area contributed by atoms with Gasteiger partial charge in [-0.25, -0.2) is 0 Å². The van der Waals surface area contributed by atoms with E-state index in [0.29, 0.717) is 20.6 Å².